The number of hydrogen-bond donors (Lipinski definition) is 1. The average Bonchev–Trinajstić information content (AvgIpc) is 2.23. The molecule has 0 spiro atoms. The van der Waals surface area contributed by atoms with Gasteiger partial charge >= 0.3 is 6.18 Å². The van der Waals surface area contributed by atoms with Crippen molar-refractivity contribution < 1.29 is 17.9 Å². The van der Waals surface area contributed by atoms with Crippen LogP contribution in [-0.4, -0.2) is 25.9 Å². The summed E-state index contributed by atoms with van der Waals surface area (Å²) in [4.78, 5) is 0. The van der Waals surface area contributed by atoms with E-state index in [1.807, 2.05) is 26.0 Å². The van der Waals surface area contributed by atoms with Gasteiger partial charge in [-0.15, -0.1) is 0 Å². The largest absolute Gasteiger partial charge is 0.492 e. The van der Waals surface area contributed by atoms with E-state index in [9.17, 15) is 13.2 Å². The molecule has 1 aromatic carbocycles. The number of alkyl halides is 3. The highest BCUT2D eigenvalue weighted by molar-refractivity contribution is 9.10. The van der Waals surface area contributed by atoms with E-state index in [2.05, 4.69) is 21.2 Å². The zero-order chi connectivity index (χ0) is 13.8. The molecular formula is C12H15BrF3NO. The molecule has 0 atom stereocenters. The van der Waals surface area contributed by atoms with E-state index < -0.39 is 12.7 Å². The Balaban J connectivity index is 2.36. The summed E-state index contributed by atoms with van der Waals surface area (Å²) in [5, 5.41) is 2.28. The Morgan fingerprint density at radius 1 is 1.22 bits per heavy atom. The summed E-state index contributed by atoms with van der Waals surface area (Å²) in [6.45, 7) is 3.25. The number of ether oxygens (including phenoxy) is 1. The Kier molecular flexibility index (Phi) is 5.47. The van der Waals surface area contributed by atoms with Gasteiger partial charge in [0, 0.05) is 11.0 Å². The van der Waals surface area contributed by atoms with Crippen LogP contribution < -0.4 is 10.1 Å². The van der Waals surface area contributed by atoms with Crippen molar-refractivity contribution >= 4 is 15.9 Å². The van der Waals surface area contributed by atoms with Gasteiger partial charge in [-0.05, 0) is 37.1 Å². The van der Waals surface area contributed by atoms with Crippen LogP contribution in [0, 0.1) is 13.8 Å². The van der Waals surface area contributed by atoms with Gasteiger partial charge in [0.05, 0.1) is 6.54 Å². The van der Waals surface area contributed by atoms with Crippen molar-refractivity contribution in [1.29, 1.82) is 0 Å². The molecule has 6 heteroatoms. The fourth-order valence-corrected chi connectivity index (χ4v) is 1.69. The quantitative estimate of drug-likeness (QED) is 0.835. The maximum absolute atomic E-state index is 11.8. The van der Waals surface area contributed by atoms with E-state index in [0.717, 1.165) is 15.6 Å². The Morgan fingerprint density at radius 3 is 2.28 bits per heavy atom. The molecule has 1 N–H and O–H groups in total. The Labute approximate surface area is 113 Å². The summed E-state index contributed by atoms with van der Waals surface area (Å²) < 4.78 is 41.9. The van der Waals surface area contributed by atoms with Gasteiger partial charge in [-0.25, -0.2) is 0 Å². The van der Waals surface area contributed by atoms with Crippen LogP contribution in [0.2, 0.25) is 0 Å². The molecule has 18 heavy (non-hydrogen) atoms. The summed E-state index contributed by atoms with van der Waals surface area (Å²) >= 11 is 3.44. The summed E-state index contributed by atoms with van der Waals surface area (Å²) in [5.41, 5.74) is 2.07. The van der Waals surface area contributed by atoms with Gasteiger partial charge in [0.2, 0.25) is 0 Å². The van der Waals surface area contributed by atoms with Crippen LogP contribution in [0.5, 0.6) is 5.75 Å². The first kappa shape index (κ1) is 15.3. The highest BCUT2D eigenvalue weighted by atomic mass is 79.9. The van der Waals surface area contributed by atoms with Crippen LogP contribution in [0.3, 0.4) is 0 Å². The predicted molar refractivity (Wildman–Crippen MR) is 68.0 cm³/mol. The van der Waals surface area contributed by atoms with Gasteiger partial charge in [-0.1, -0.05) is 15.9 Å². The van der Waals surface area contributed by atoms with E-state index >= 15 is 0 Å². The fourth-order valence-electron chi connectivity index (χ4n) is 1.46. The van der Waals surface area contributed by atoms with Crippen LogP contribution >= 0.6 is 15.9 Å². The molecule has 0 bridgehead atoms. The van der Waals surface area contributed by atoms with E-state index in [1.54, 1.807) is 0 Å². The number of nitrogens with one attached hydrogen (secondary N) is 1. The lowest BCUT2D eigenvalue weighted by atomic mass is 10.1. The first-order chi connectivity index (χ1) is 8.29. The minimum atomic E-state index is -4.18. The standard InChI is InChI=1S/C12H15BrF3NO/c1-8-5-10(6-9(2)11(8)13)18-4-3-17-7-12(14,15)16/h5-6,17H,3-4,7H2,1-2H3. The SMILES string of the molecule is Cc1cc(OCCNCC(F)(F)F)cc(C)c1Br. The normalized spacial score (nSPS) is 11.7. The first-order valence-electron chi connectivity index (χ1n) is 5.46. The van der Waals surface area contributed by atoms with Gasteiger partial charge < -0.3 is 10.1 Å². The summed E-state index contributed by atoms with van der Waals surface area (Å²) in [5.74, 6) is 0.669. The molecule has 0 saturated heterocycles. The topological polar surface area (TPSA) is 21.3 Å². The highest BCUT2D eigenvalue weighted by Gasteiger charge is 2.25. The lowest BCUT2D eigenvalue weighted by Gasteiger charge is -2.11. The van der Waals surface area contributed by atoms with Crippen LogP contribution in [0.1, 0.15) is 11.1 Å². The average molecular weight is 326 g/mol. The minimum Gasteiger partial charge on any atom is -0.492 e. The van der Waals surface area contributed by atoms with Gasteiger partial charge in [-0.3, -0.25) is 0 Å². The molecule has 0 aliphatic rings. The van der Waals surface area contributed by atoms with Crippen molar-refractivity contribution in [2.75, 3.05) is 19.7 Å². The summed E-state index contributed by atoms with van der Waals surface area (Å²) in [6.07, 6.45) is -4.18. The number of halogens is 4. The Bertz CT molecular complexity index is 384. The predicted octanol–water partition coefficient (Wildman–Crippen LogP) is 3.60. The van der Waals surface area contributed by atoms with E-state index in [-0.39, 0.29) is 13.2 Å². The fraction of sp³-hybridized carbons (Fsp3) is 0.500. The van der Waals surface area contributed by atoms with Gasteiger partial charge in [0.15, 0.2) is 0 Å². The van der Waals surface area contributed by atoms with Crippen LogP contribution in [0.4, 0.5) is 13.2 Å². The summed E-state index contributed by atoms with van der Waals surface area (Å²) in [6, 6.07) is 3.70. The first-order valence-corrected chi connectivity index (χ1v) is 6.26. The monoisotopic (exact) mass is 325 g/mol. The molecule has 1 aromatic rings. The van der Waals surface area contributed by atoms with E-state index in [0.29, 0.717) is 5.75 Å². The van der Waals surface area contributed by atoms with Crippen LogP contribution in [0.25, 0.3) is 0 Å². The molecule has 2 nitrogen and oxygen atoms in total. The summed E-state index contributed by atoms with van der Waals surface area (Å²) in [7, 11) is 0. The van der Waals surface area contributed by atoms with Crippen molar-refractivity contribution in [2.24, 2.45) is 0 Å². The second kappa shape index (κ2) is 6.43. The van der Waals surface area contributed by atoms with Crippen molar-refractivity contribution in [3.8, 4) is 5.75 Å². The molecule has 102 valence electrons. The third-order valence-electron chi connectivity index (χ3n) is 2.28. The molecule has 0 saturated carbocycles. The minimum absolute atomic E-state index is 0.160. The molecule has 0 aliphatic heterocycles. The van der Waals surface area contributed by atoms with Crippen molar-refractivity contribution in [1.82, 2.24) is 5.32 Å². The molecule has 0 fully saturated rings. The van der Waals surface area contributed by atoms with Gasteiger partial charge in [-0.2, -0.15) is 13.2 Å². The van der Waals surface area contributed by atoms with Crippen LogP contribution in [0.15, 0.2) is 16.6 Å². The third-order valence-corrected chi connectivity index (χ3v) is 3.53. The molecule has 1 rings (SSSR count). The Hall–Kier alpha value is -0.750. The van der Waals surface area contributed by atoms with E-state index in [1.165, 1.54) is 0 Å². The molecule has 0 aromatic heterocycles. The van der Waals surface area contributed by atoms with Gasteiger partial charge in [0.1, 0.15) is 12.4 Å². The zero-order valence-electron chi connectivity index (χ0n) is 10.2. The van der Waals surface area contributed by atoms with Crippen LogP contribution in [-0.2, 0) is 0 Å². The lowest BCUT2D eigenvalue weighted by Crippen LogP contribution is -2.31. The second-order valence-electron chi connectivity index (χ2n) is 4.01. The van der Waals surface area contributed by atoms with Gasteiger partial charge in [0.25, 0.3) is 0 Å². The molecule has 0 aliphatic carbocycles. The number of benzene rings is 1. The van der Waals surface area contributed by atoms with E-state index in [4.69, 9.17) is 4.74 Å². The Morgan fingerprint density at radius 2 is 1.78 bits per heavy atom. The molecule has 0 radical (unpaired) electrons. The molecule has 0 heterocycles. The number of rotatable bonds is 5. The second-order valence-corrected chi connectivity index (χ2v) is 4.80. The molecule has 0 amide bonds. The molecular weight excluding hydrogens is 311 g/mol. The maximum Gasteiger partial charge on any atom is 0.401 e. The third kappa shape index (κ3) is 5.27. The highest BCUT2D eigenvalue weighted by Crippen LogP contribution is 2.26. The maximum atomic E-state index is 11.8. The lowest BCUT2D eigenvalue weighted by molar-refractivity contribution is -0.124. The zero-order valence-corrected chi connectivity index (χ0v) is 11.8. The van der Waals surface area contributed by atoms with Crippen molar-refractivity contribution in [2.45, 2.75) is 20.0 Å². The smallest absolute Gasteiger partial charge is 0.401 e. The number of hydrogen-bond acceptors (Lipinski definition) is 2. The van der Waals surface area contributed by atoms with Crippen molar-refractivity contribution in [3.63, 3.8) is 0 Å². The number of aryl methyl sites for hydroxylation is 2. The molecule has 0 unspecified atom stereocenters. The van der Waals surface area contributed by atoms with Crippen molar-refractivity contribution in [3.05, 3.63) is 27.7 Å².